The SMILES string of the molecule is CNc1nc(Br)ccc1OC=S. The zero-order valence-corrected chi connectivity index (χ0v) is 8.78. The molecule has 1 rings (SSSR count). The van der Waals surface area contributed by atoms with Crippen molar-refractivity contribution in [3.05, 3.63) is 16.7 Å². The number of pyridine rings is 1. The average molecular weight is 247 g/mol. The largest absolute Gasteiger partial charge is 0.450 e. The van der Waals surface area contributed by atoms with Gasteiger partial charge in [0.05, 0.1) is 0 Å². The topological polar surface area (TPSA) is 34.2 Å². The molecule has 1 aromatic rings. The van der Waals surface area contributed by atoms with E-state index in [9.17, 15) is 0 Å². The summed E-state index contributed by atoms with van der Waals surface area (Å²) in [6.45, 7) is 0. The Bertz CT molecular complexity index is 293. The summed E-state index contributed by atoms with van der Waals surface area (Å²) in [5.41, 5.74) is 1.20. The highest BCUT2D eigenvalue weighted by Crippen LogP contribution is 2.23. The van der Waals surface area contributed by atoms with Crippen LogP contribution in [-0.2, 0) is 0 Å². The van der Waals surface area contributed by atoms with Crippen molar-refractivity contribution in [1.82, 2.24) is 4.98 Å². The van der Waals surface area contributed by atoms with Crippen LogP contribution in [0.1, 0.15) is 0 Å². The average Bonchev–Trinajstić information content (AvgIpc) is 2.08. The molecule has 3 nitrogen and oxygen atoms in total. The molecule has 0 amide bonds. The van der Waals surface area contributed by atoms with E-state index in [2.05, 4.69) is 38.4 Å². The number of thiocarbonyl (C=S) groups is 1. The predicted molar refractivity (Wildman–Crippen MR) is 55.8 cm³/mol. The highest BCUT2D eigenvalue weighted by Gasteiger charge is 2.02. The van der Waals surface area contributed by atoms with Gasteiger partial charge >= 0.3 is 0 Å². The fraction of sp³-hybridized carbons (Fsp3) is 0.143. The van der Waals surface area contributed by atoms with E-state index in [0.29, 0.717) is 11.6 Å². The smallest absolute Gasteiger partial charge is 0.170 e. The molecule has 0 aromatic carbocycles. The second kappa shape index (κ2) is 4.37. The van der Waals surface area contributed by atoms with Crippen molar-refractivity contribution in [3.8, 4) is 5.75 Å². The molecule has 1 aromatic heterocycles. The summed E-state index contributed by atoms with van der Waals surface area (Å²) < 4.78 is 5.78. The van der Waals surface area contributed by atoms with Gasteiger partial charge in [0, 0.05) is 7.05 Å². The molecule has 0 unspecified atom stereocenters. The van der Waals surface area contributed by atoms with E-state index in [1.807, 2.05) is 0 Å². The minimum Gasteiger partial charge on any atom is -0.450 e. The van der Waals surface area contributed by atoms with Crippen LogP contribution in [0.4, 0.5) is 5.82 Å². The lowest BCUT2D eigenvalue weighted by molar-refractivity contribution is 0.585. The molecular formula is C7H7BrN2OS. The summed E-state index contributed by atoms with van der Waals surface area (Å²) in [4.78, 5) is 4.12. The number of hydrogen-bond donors (Lipinski definition) is 1. The van der Waals surface area contributed by atoms with Gasteiger partial charge in [-0.05, 0) is 40.3 Å². The van der Waals surface area contributed by atoms with Crippen LogP contribution in [0, 0.1) is 0 Å². The molecule has 0 fully saturated rings. The second-order valence-corrected chi connectivity index (χ2v) is 2.95. The van der Waals surface area contributed by atoms with Gasteiger partial charge in [-0.25, -0.2) is 4.98 Å². The normalized spacial score (nSPS) is 9.17. The first-order valence-corrected chi connectivity index (χ1v) is 4.49. The van der Waals surface area contributed by atoms with E-state index < -0.39 is 0 Å². The Morgan fingerprint density at radius 2 is 2.42 bits per heavy atom. The maximum atomic E-state index is 5.03. The van der Waals surface area contributed by atoms with Crippen LogP contribution < -0.4 is 10.1 Å². The highest BCUT2D eigenvalue weighted by molar-refractivity contribution is 9.10. The van der Waals surface area contributed by atoms with E-state index >= 15 is 0 Å². The molecule has 5 heteroatoms. The molecule has 0 atom stereocenters. The highest BCUT2D eigenvalue weighted by atomic mass is 79.9. The standard InChI is InChI=1S/C7H7BrN2OS/c1-9-7-5(11-4-12)2-3-6(8)10-7/h2-4H,1H3,(H,9,10). The summed E-state index contributed by atoms with van der Waals surface area (Å²) in [5, 5.41) is 2.89. The molecule has 0 spiro atoms. The van der Waals surface area contributed by atoms with Crippen LogP contribution in [0.25, 0.3) is 0 Å². The lowest BCUT2D eigenvalue weighted by atomic mass is 10.4. The first-order chi connectivity index (χ1) is 5.77. The summed E-state index contributed by atoms with van der Waals surface area (Å²) >= 11 is 7.81. The number of halogens is 1. The molecule has 12 heavy (non-hydrogen) atoms. The molecule has 1 heterocycles. The molecule has 64 valence electrons. The van der Waals surface area contributed by atoms with Crippen molar-refractivity contribution in [2.75, 3.05) is 12.4 Å². The molecule has 0 aliphatic carbocycles. The van der Waals surface area contributed by atoms with Crippen molar-refractivity contribution in [2.24, 2.45) is 0 Å². The van der Waals surface area contributed by atoms with Gasteiger partial charge in [-0.1, -0.05) is 0 Å². The van der Waals surface area contributed by atoms with Crippen molar-refractivity contribution in [1.29, 1.82) is 0 Å². The number of anilines is 1. The Hall–Kier alpha value is -0.680. The quantitative estimate of drug-likeness (QED) is 0.656. The molecule has 0 aliphatic rings. The molecule has 0 saturated heterocycles. The lowest BCUT2D eigenvalue weighted by Gasteiger charge is -2.05. The van der Waals surface area contributed by atoms with Gasteiger partial charge in [0.25, 0.3) is 0 Å². The minimum atomic E-state index is 0.621. The van der Waals surface area contributed by atoms with E-state index in [1.165, 1.54) is 5.55 Å². The van der Waals surface area contributed by atoms with Gasteiger partial charge < -0.3 is 10.1 Å². The van der Waals surface area contributed by atoms with Crippen LogP contribution >= 0.6 is 28.1 Å². The monoisotopic (exact) mass is 246 g/mol. The third-order valence-electron chi connectivity index (χ3n) is 1.24. The first kappa shape index (κ1) is 9.41. The van der Waals surface area contributed by atoms with Crippen molar-refractivity contribution >= 4 is 39.5 Å². The Morgan fingerprint density at radius 1 is 1.67 bits per heavy atom. The molecule has 0 aliphatic heterocycles. The van der Waals surface area contributed by atoms with Crippen LogP contribution in [-0.4, -0.2) is 17.6 Å². The van der Waals surface area contributed by atoms with Crippen molar-refractivity contribution in [3.63, 3.8) is 0 Å². The third-order valence-corrected chi connectivity index (χ3v) is 1.77. The van der Waals surface area contributed by atoms with Crippen LogP contribution in [0.15, 0.2) is 16.7 Å². The first-order valence-electron chi connectivity index (χ1n) is 3.22. The maximum Gasteiger partial charge on any atom is 0.170 e. The van der Waals surface area contributed by atoms with Gasteiger partial charge in [-0.15, -0.1) is 0 Å². The zero-order chi connectivity index (χ0) is 8.97. The Kier molecular flexibility index (Phi) is 3.43. The summed E-state index contributed by atoms with van der Waals surface area (Å²) in [5.74, 6) is 1.28. The summed E-state index contributed by atoms with van der Waals surface area (Å²) in [7, 11) is 1.77. The van der Waals surface area contributed by atoms with Gasteiger partial charge in [0.1, 0.15) is 4.60 Å². The molecule has 0 radical (unpaired) electrons. The van der Waals surface area contributed by atoms with E-state index in [4.69, 9.17) is 4.74 Å². The van der Waals surface area contributed by atoms with Crippen molar-refractivity contribution in [2.45, 2.75) is 0 Å². The Labute approximate surface area is 84.3 Å². The van der Waals surface area contributed by atoms with Gasteiger partial charge in [0.15, 0.2) is 17.1 Å². The van der Waals surface area contributed by atoms with Gasteiger partial charge in [-0.3, -0.25) is 0 Å². The Morgan fingerprint density at radius 3 is 3.00 bits per heavy atom. The lowest BCUT2D eigenvalue weighted by Crippen LogP contribution is -1.97. The van der Waals surface area contributed by atoms with Gasteiger partial charge in [0.2, 0.25) is 0 Å². The summed E-state index contributed by atoms with van der Waals surface area (Å²) in [6.07, 6.45) is 0. The third kappa shape index (κ3) is 2.15. The van der Waals surface area contributed by atoms with Gasteiger partial charge in [-0.2, -0.15) is 0 Å². The number of aromatic nitrogens is 1. The predicted octanol–water partition coefficient (Wildman–Crippen LogP) is 2.22. The van der Waals surface area contributed by atoms with E-state index in [1.54, 1.807) is 19.2 Å². The fourth-order valence-electron chi connectivity index (χ4n) is 0.749. The van der Waals surface area contributed by atoms with E-state index in [-0.39, 0.29) is 0 Å². The number of nitrogens with one attached hydrogen (secondary N) is 1. The molecule has 0 bridgehead atoms. The van der Waals surface area contributed by atoms with Crippen LogP contribution in [0.5, 0.6) is 5.75 Å². The van der Waals surface area contributed by atoms with Crippen molar-refractivity contribution < 1.29 is 4.74 Å². The minimum absolute atomic E-state index is 0.621. The fourth-order valence-corrected chi connectivity index (χ4v) is 1.16. The number of hydrogen-bond acceptors (Lipinski definition) is 4. The number of rotatable bonds is 3. The van der Waals surface area contributed by atoms with Crippen LogP contribution in [0.2, 0.25) is 0 Å². The molecular weight excluding hydrogens is 240 g/mol. The van der Waals surface area contributed by atoms with Crippen LogP contribution in [0.3, 0.4) is 0 Å². The second-order valence-electron chi connectivity index (χ2n) is 1.94. The maximum absolute atomic E-state index is 5.03. The van der Waals surface area contributed by atoms with E-state index in [0.717, 1.165) is 4.60 Å². The molecule has 0 saturated carbocycles. The Balaban J connectivity index is 3.01. The number of ether oxygens (including phenoxy) is 1. The zero-order valence-electron chi connectivity index (χ0n) is 6.37. The molecule has 1 N–H and O–H groups in total. The summed E-state index contributed by atoms with van der Waals surface area (Å²) in [6, 6.07) is 3.57. The number of nitrogens with zero attached hydrogens (tertiary/aromatic N) is 1.